The Bertz CT molecular complexity index is 438. The maximum atomic E-state index is 12.0. The molecule has 20 heavy (non-hydrogen) atoms. The van der Waals surface area contributed by atoms with Crippen LogP contribution in [0.5, 0.6) is 5.75 Å². The first-order valence-electron chi connectivity index (χ1n) is 7.01. The normalized spacial score (nSPS) is 12.0. The minimum absolute atomic E-state index is 0.0169. The summed E-state index contributed by atoms with van der Waals surface area (Å²) in [5.41, 5.74) is 6.13. The molecule has 4 nitrogen and oxygen atoms in total. The summed E-state index contributed by atoms with van der Waals surface area (Å²) in [6, 6.07) is 5.28. The van der Waals surface area contributed by atoms with E-state index in [2.05, 4.69) is 5.32 Å². The predicted molar refractivity (Wildman–Crippen MR) is 83.3 cm³/mol. The van der Waals surface area contributed by atoms with E-state index in [1.165, 1.54) is 0 Å². The van der Waals surface area contributed by atoms with Crippen molar-refractivity contribution >= 4 is 23.2 Å². The van der Waals surface area contributed by atoms with Crippen molar-refractivity contribution in [2.45, 2.75) is 33.1 Å². The van der Waals surface area contributed by atoms with Crippen LogP contribution in [-0.4, -0.2) is 19.1 Å². The summed E-state index contributed by atoms with van der Waals surface area (Å²) < 4.78 is 5.49. The molecule has 0 aliphatic heterocycles. The third-order valence-corrected chi connectivity index (χ3v) is 3.25. The lowest BCUT2D eigenvalue weighted by Gasteiger charge is -2.13. The van der Waals surface area contributed by atoms with E-state index in [-0.39, 0.29) is 11.8 Å². The summed E-state index contributed by atoms with van der Waals surface area (Å²) >= 11 is 6.12. The Morgan fingerprint density at radius 2 is 2.25 bits per heavy atom. The Hall–Kier alpha value is -1.26. The molecule has 0 aromatic heterocycles. The summed E-state index contributed by atoms with van der Waals surface area (Å²) in [5, 5.41) is 3.36. The number of anilines is 1. The summed E-state index contributed by atoms with van der Waals surface area (Å²) in [5.74, 6) is 0.563. The molecule has 1 rings (SSSR count). The van der Waals surface area contributed by atoms with Gasteiger partial charge in [0.05, 0.1) is 11.6 Å². The summed E-state index contributed by atoms with van der Waals surface area (Å²) in [6.45, 7) is 5.16. The zero-order chi connectivity index (χ0) is 15.0. The molecule has 3 N–H and O–H groups in total. The average Bonchev–Trinajstić information content (AvgIpc) is 2.43. The van der Waals surface area contributed by atoms with Gasteiger partial charge in [-0.1, -0.05) is 25.4 Å². The van der Waals surface area contributed by atoms with Crippen LogP contribution in [0.25, 0.3) is 0 Å². The van der Waals surface area contributed by atoms with Crippen molar-refractivity contribution in [3.63, 3.8) is 0 Å². The molecule has 0 aliphatic carbocycles. The van der Waals surface area contributed by atoms with Gasteiger partial charge in [-0.05, 0) is 44.0 Å². The van der Waals surface area contributed by atoms with Crippen molar-refractivity contribution in [1.82, 2.24) is 0 Å². The van der Waals surface area contributed by atoms with Crippen LogP contribution in [0.1, 0.15) is 33.1 Å². The molecule has 0 radical (unpaired) electrons. The second-order valence-corrected chi connectivity index (χ2v) is 5.22. The number of nitrogens with one attached hydrogen (secondary N) is 1. The number of carbonyl (C=O) groups excluding carboxylic acids is 1. The second kappa shape index (κ2) is 8.82. The van der Waals surface area contributed by atoms with Crippen LogP contribution in [-0.2, 0) is 4.79 Å². The predicted octanol–water partition coefficient (Wildman–Crippen LogP) is 3.44. The topological polar surface area (TPSA) is 64.3 Å². The Morgan fingerprint density at radius 3 is 2.85 bits per heavy atom. The van der Waals surface area contributed by atoms with Gasteiger partial charge in [-0.2, -0.15) is 0 Å². The van der Waals surface area contributed by atoms with Gasteiger partial charge in [-0.25, -0.2) is 0 Å². The van der Waals surface area contributed by atoms with Gasteiger partial charge >= 0.3 is 0 Å². The third kappa shape index (κ3) is 5.39. The first-order valence-corrected chi connectivity index (χ1v) is 7.39. The quantitative estimate of drug-likeness (QED) is 0.772. The van der Waals surface area contributed by atoms with Crippen LogP contribution in [0.2, 0.25) is 5.02 Å². The molecule has 0 spiro atoms. The fourth-order valence-corrected chi connectivity index (χ4v) is 1.96. The van der Waals surface area contributed by atoms with Crippen molar-refractivity contribution in [1.29, 1.82) is 0 Å². The van der Waals surface area contributed by atoms with Crippen molar-refractivity contribution in [2.75, 3.05) is 18.5 Å². The molecular weight excluding hydrogens is 276 g/mol. The molecule has 0 saturated heterocycles. The first kappa shape index (κ1) is 16.8. The summed E-state index contributed by atoms with van der Waals surface area (Å²) in [4.78, 5) is 12.0. The number of ether oxygens (including phenoxy) is 1. The van der Waals surface area contributed by atoms with Gasteiger partial charge in [0, 0.05) is 11.6 Å². The Balaban J connectivity index is 2.60. The molecule has 0 saturated carbocycles. The van der Waals surface area contributed by atoms with Gasteiger partial charge in [0.15, 0.2) is 0 Å². The molecule has 0 aliphatic rings. The van der Waals surface area contributed by atoms with Crippen LogP contribution in [0.15, 0.2) is 18.2 Å². The summed E-state index contributed by atoms with van der Waals surface area (Å²) in [7, 11) is 0. The Labute approximate surface area is 125 Å². The number of nitrogens with two attached hydrogens (primary N) is 1. The Kier molecular flexibility index (Phi) is 7.41. The molecule has 0 fully saturated rings. The minimum Gasteiger partial charge on any atom is -0.492 e. The highest BCUT2D eigenvalue weighted by molar-refractivity contribution is 6.32. The molecule has 0 heterocycles. The SMILES string of the molecule is CCCOc1ccc(NC(=O)C(C)CCCN)cc1Cl. The number of carbonyl (C=O) groups is 1. The maximum Gasteiger partial charge on any atom is 0.227 e. The van der Waals surface area contributed by atoms with Crippen LogP contribution < -0.4 is 15.8 Å². The lowest BCUT2D eigenvalue weighted by atomic mass is 10.0. The number of hydrogen-bond acceptors (Lipinski definition) is 3. The number of rotatable bonds is 8. The van der Waals surface area contributed by atoms with E-state index in [1.54, 1.807) is 18.2 Å². The van der Waals surface area contributed by atoms with Crippen molar-refractivity contribution in [3.8, 4) is 5.75 Å². The van der Waals surface area contributed by atoms with Crippen LogP contribution in [0, 0.1) is 5.92 Å². The fraction of sp³-hybridized carbons (Fsp3) is 0.533. The van der Waals surface area contributed by atoms with E-state index in [0.717, 1.165) is 19.3 Å². The number of hydrogen-bond donors (Lipinski definition) is 2. The smallest absolute Gasteiger partial charge is 0.227 e. The lowest BCUT2D eigenvalue weighted by Crippen LogP contribution is -2.21. The van der Waals surface area contributed by atoms with Crippen LogP contribution >= 0.6 is 11.6 Å². The molecule has 112 valence electrons. The highest BCUT2D eigenvalue weighted by atomic mass is 35.5. The molecule has 1 atom stereocenters. The number of halogens is 1. The molecule has 1 amide bonds. The van der Waals surface area contributed by atoms with E-state index in [0.29, 0.717) is 29.6 Å². The van der Waals surface area contributed by atoms with Crippen molar-refractivity contribution in [2.24, 2.45) is 11.7 Å². The lowest BCUT2D eigenvalue weighted by molar-refractivity contribution is -0.119. The average molecular weight is 299 g/mol. The Morgan fingerprint density at radius 1 is 1.50 bits per heavy atom. The largest absolute Gasteiger partial charge is 0.492 e. The van der Waals surface area contributed by atoms with E-state index in [1.807, 2.05) is 13.8 Å². The van der Waals surface area contributed by atoms with Crippen molar-refractivity contribution in [3.05, 3.63) is 23.2 Å². The molecule has 0 bridgehead atoms. The molecule has 1 unspecified atom stereocenters. The van der Waals surface area contributed by atoms with Gasteiger partial charge in [0.2, 0.25) is 5.91 Å². The third-order valence-electron chi connectivity index (χ3n) is 2.95. The fourth-order valence-electron chi connectivity index (χ4n) is 1.73. The van der Waals surface area contributed by atoms with Gasteiger partial charge in [0.1, 0.15) is 5.75 Å². The van der Waals surface area contributed by atoms with E-state index in [9.17, 15) is 4.79 Å². The van der Waals surface area contributed by atoms with Gasteiger partial charge in [-0.3, -0.25) is 4.79 Å². The molecule has 5 heteroatoms. The first-order chi connectivity index (χ1) is 9.58. The molecule has 1 aromatic carbocycles. The zero-order valence-corrected chi connectivity index (χ0v) is 12.9. The zero-order valence-electron chi connectivity index (χ0n) is 12.1. The van der Waals surface area contributed by atoms with Crippen LogP contribution in [0.4, 0.5) is 5.69 Å². The molecule has 1 aromatic rings. The van der Waals surface area contributed by atoms with Gasteiger partial charge in [-0.15, -0.1) is 0 Å². The van der Waals surface area contributed by atoms with Crippen molar-refractivity contribution < 1.29 is 9.53 Å². The maximum absolute atomic E-state index is 12.0. The monoisotopic (exact) mass is 298 g/mol. The van der Waals surface area contributed by atoms with E-state index < -0.39 is 0 Å². The minimum atomic E-state index is -0.0617. The second-order valence-electron chi connectivity index (χ2n) is 4.81. The standard InChI is InChI=1S/C15H23ClN2O2/c1-3-9-20-14-7-6-12(10-13(14)16)18-15(19)11(2)5-4-8-17/h6-7,10-11H,3-5,8-9,17H2,1-2H3,(H,18,19). The van der Waals surface area contributed by atoms with Gasteiger partial charge in [0.25, 0.3) is 0 Å². The highest BCUT2D eigenvalue weighted by Crippen LogP contribution is 2.28. The summed E-state index contributed by atoms with van der Waals surface area (Å²) in [6.07, 6.45) is 2.56. The van der Waals surface area contributed by atoms with Gasteiger partial charge < -0.3 is 15.8 Å². The van der Waals surface area contributed by atoms with Crippen LogP contribution in [0.3, 0.4) is 0 Å². The number of amides is 1. The molecular formula is C15H23ClN2O2. The van der Waals surface area contributed by atoms with E-state index in [4.69, 9.17) is 22.1 Å². The highest BCUT2D eigenvalue weighted by Gasteiger charge is 2.13. The number of benzene rings is 1. The van der Waals surface area contributed by atoms with E-state index >= 15 is 0 Å².